The Bertz CT molecular complexity index is 910. The summed E-state index contributed by atoms with van der Waals surface area (Å²) in [5.74, 6) is -0.0946. The first-order valence-corrected chi connectivity index (χ1v) is 10.0. The third-order valence-corrected chi connectivity index (χ3v) is 5.59. The Hall–Kier alpha value is -1.80. The number of aromatic nitrogens is 2. The molecule has 3 rings (SSSR count). The van der Waals surface area contributed by atoms with Crippen LogP contribution in [0.1, 0.15) is 10.6 Å². The summed E-state index contributed by atoms with van der Waals surface area (Å²) in [5.41, 5.74) is 2.19. The van der Waals surface area contributed by atoms with Gasteiger partial charge >= 0.3 is 0 Å². The number of nitrogens with one attached hydrogen (secondary N) is 1. The summed E-state index contributed by atoms with van der Waals surface area (Å²) in [5, 5.41) is 3.13. The Kier molecular flexibility index (Phi) is 5.25. The lowest BCUT2D eigenvalue weighted by molar-refractivity contribution is 0.580. The van der Waals surface area contributed by atoms with Gasteiger partial charge in [-0.1, -0.05) is 29.8 Å². The Labute approximate surface area is 149 Å². The fourth-order valence-corrected chi connectivity index (χ4v) is 4.08. The molecule has 0 fully saturated rings. The highest BCUT2D eigenvalue weighted by Gasteiger charge is 2.13. The fraction of sp³-hybridized carbons (Fsp3) is 0.125. The Morgan fingerprint density at radius 1 is 1.08 bits per heavy atom. The molecule has 5 nitrogen and oxygen atoms in total. The molecule has 8 heteroatoms. The van der Waals surface area contributed by atoms with Crippen LogP contribution in [0, 0.1) is 0 Å². The molecule has 3 aromatic rings. The van der Waals surface area contributed by atoms with Crippen LogP contribution in [0.5, 0.6) is 0 Å². The summed E-state index contributed by atoms with van der Waals surface area (Å²) >= 11 is 7.20. The fourth-order valence-electron chi connectivity index (χ4n) is 2.05. The molecule has 2 aromatic heterocycles. The Morgan fingerprint density at radius 3 is 2.58 bits per heavy atom. The minimum Gasteiger partial charge on any atom is -0.255 e. The first-order chi connectivity index (χ1) is 11.5. The van der Waals surface area contributed by atoms with Crippen molar-refractivity contribution < 1.29 is 8.42 Å². The van der Waals surface area contributed by atoms with Crippen molar-refractivity contribution in [2.45, 2.75) is 12.3 Å². The molecule has 0 aliphatic carbocycles. The van der Waals surface area contributed by atoms with Gasteiger partial charge in [-0.2, -0.15) is 0 Å². The number of sulfonamides is 1. The van der Waals surface area contributed by atoms with Gasteiger partial charge in [-0.15, -0.1) is 11.3 Å². The van der Waals surface area contributed by atoms with Gasteiger partial charge in [0.2, 0.25) is 10.0 Å². The maximum atomic E-state index is 12.2. The van der Waals surface area contributed by atoms with Gasteiger partial charge in [0.05, 0.1) is 23.7 Å². The van der Waals surface area contributed by atoms with Crippen LogP contribution < -0.4 is 4.72 Å². The van der Waals surface area contributed by atoms with Crippen molar-refractivity contribution in [3.63, 3.8) is 0 Å². The van der Waals surface area contributed by atoms with Crippen LogP contribution in [0.25, 0.3) is 11.4 Å². The molecular formula is C16H14ClN3O2S2. The van der Waals surface area contributed by atoms with E-state index in [2.05, 4.69) is 14.7 Å². The number of benzene rings is 1. The summed E-state index contributed by atoms with van der Waals surface area (Å²) < 4.78 is 26.9. The molecule has 0 amide bonds. The van der Waals surface area contributed by atoms with Crippen molar-refractivity contribution in [2.75, 3.05) is 0 Å². The molecule has 24 heavy (non-hydrogen) atoms. The monoisotopic (exact) mass is 379 g/mol. The molecule has 0 bridgehead atoms. The van der Waals surface area contributed by atoms with Crippen LogP contribution in [0.15, 0.2) is 54.0 Å². The summed E-state index contributed by atoms with van der Waals surface area (Å²) in [6.07, 6.45) is 1.70. The molecule has 0 radical (unpaired) electrons. The van der Waals surface area contributed by atoms with Gasteiger partial charge < -0.3 is 0 Å². The highest BCUT2D eigenvalue weighted by molar-refractivity contribution is 7.88. The highest BCUT2D eigenvalue weighted by Crippen LogP contribution is 2.19. The minimum atomic E-state index is -3.44. The second kappa shape index (κ2) is 7.40. The normalized spacial score (nSPS) is 11.5. The van der Waals surface area contributed by atoms with Crippen LogP contribution in [0.4, 0.5) is 0 Å². The van der Waals surface area contributed by atoms with Crippen LogP contribution in [0.2, 0.25) is 5.02 Å². The first kappa shape index (κ1) is 17.0. The van der Waals surface area contributed by atoms with Gasteiger partial charge in [0.1, 0.15) is 5.01 Å². The van der Waals surface area contributed by atoms with E-state index in [4.69, 9.17) is 11.6 Å². The molecule has 0 unspecified atom stereocenters. The Morgan fingerprint density at radius 2 is 1.88 bits per heavy atom. The van der Waals surface area contributed by atoms with Crippen molar-refractivity contribution in [2.24, 2.45) is 0 Å². The zero-order valence-electron chi connectivity index (χ0n) is 12.5. The van der Waals surface area contributed by atoms with Gasteiger partial charge in [0.15, 0.2) is 0 Å². The number of hydrogen-bond donors (Lipinski definition) is 1. The van der Waals surface area contributed by atoms with E-state index in [0.717, 1.165) is 11.4 Å². The number of rotatable bonds is 6. The number of thiazole rings is 1. The van der Waals surface area contributed by atoms with E-state index in [9.17, 15) is 8.42 Å². The lowest BCUT2D eigenvalue weighted by Crippen LogP contribution is -2.24. The van der Waals surface area contributed by atoms with E-state index in [1.165, 1.54) is 11.3 Å². The summed E-state index contributed by atoms with van der Waals surface area (Å²) in [4.78, 5) is 8.64. The standard InChI is InChI=1S/C16H14ClN3O2S2/c17-13-6-4-12(5-7-13)11-24(21,22)19-9-16-20-15(10-23-16)14-3-1-2-8-18-14/h1-8,10,19H,9,11H2. The summed E-state index contributed by atoms with van der Waals surface area (Å²) in [7, 11) is -3.44. The maximum absolute atomic E-state index is 12.2. The molecule has 0 saturated carbocycles. The van der Waals surface area contributed by atoms with Crippen LogP contribution >= 0.6 is 22.9 Å². The third kappa shape index (κ3) is 4.61. The number of pyridine rings is 1. The molecule has 1 aromatic carbocycles. The predicted molar refractivity (Wildman–Crippen MR) is 96.3 cm³/mol. The van der Waals surface area contributed by atoms with Crippen LogP contribution in [-0.4, -0.2) is 18.4 Å². The van der Waals surface area contributed by atoms with Crippen molar-refractivity contribution >= 4 is 33.0 Å². The molecule has 0 aliphatic rings. The van der Waals surface area contributed by atoms with Crippen molar-refractivity contribution in [3.05, 3.63) is 69.6 Å². The molecule has 0 saturated heterocycles. The summed E-state index contributed by atoms with van der Waals surface area (Å²) in [6, 6.07) is 12.3. The first-order valence-electron chi connectivity index (χ1n) is 7.09. The van der Waals surface area contributed by atoms with Crippen molar-refractivity contribution in [3.8, 4) is 11.4 Å². The lowest BCUT2D eigenvalue weighted by Gasteiger charge is -2.05. The molecule has 0 atom stereocenters. The van der Waals surface area contributed by atoms with Crippen LogP contribution in [-0.2, 0) is 22.3 Å². The molecular weight excluding hydrogens is 366 g/mol. The van der Waals surface area contributed by atoms with Gasteiger partial charge in [-0.05, 0) is 29.8 Å². The van der Waals surface area contributed by atoms with Crippen molar-refractivity contribution in [1.29, 1.82) is 0 Å². The number of halogens is 1. The SMILES string of the molecule is O=S(=O)(Cc1ccc(Cl)cc1)NCc1nc(-c2ccccn2)cs1. The Balaban J connectivity index is 1.63. The molecule has 124 valence electrons. The third-order valence-electron chi connectivity index (χ3n) is 3.19. The maximum Gasteiger partial charge on any atom is 0.216 e. The topological polar surface area (TPSA) is 72.0 Å². The number of nitrogens with zero attached hydrogens (tertiary/aromatic N) is 2. The smallest absolute Gasteiger partial charge is 0.216 e. The van der Waals surface area contributed by atoms with E-state index in [1.54, 1.807) is 30.5 Å². The molecule has 0 spiro atoms. The van der Waals surface area contributed by atoms with E-state index < -0.39 is 10.0 Å². The molecule has 1 N–H and O–H groups in total. The second-order valence-electron chi connectivity index (χ2n) is 5.05. The van der Waals surface area contributed by atoms with Gasteiger partial charge in [-0.25, -0.2) is 18.1 Å². The average molecular weight is 380 g/mol. The summed E-state index contributed by atoms with van der Waals surface area (Å²) in [6.45, 7) is 0.160. The van der Waals surface area contributed by atoms with E-state index in [0.29, 0.717) is 15.6 Å². The molecule has 0 aliphatic heterocycles. The number of hydrogen-bond acceptors (Lipinski definition) is 5. The van der Waals surface area contributed by atoms with Crippen LogP contribution in [0.3, 0.4) is 0 Å². The van der Waals surface area contributed by atoms with Gasteiger partial charge in [0, 0.05) is 16.6 Å². The molecule has 2 heterocycles. The highest BCUT2D eigenvalue weighted by atomic mass is 35.5. The minimum absolute atomic E-state index is 0.0946. The predicted octanol–water partition coefficient (Wildman–Crippen LogP) is 3.48. The van der Waals surface area contributed by atoms with Gasteiger partial charge in [0.25, 0.3) is 0 Å². The zero-order valence-corrected chi connectivity index (χ0v) is 14.9. The van der Waals surface area contributed by atoms with E-state index in [1.807, 2.05) is 23.6 Å². The largest absolute Gasteiger partial charge is 0.255 e. The average Bonchev–Trinajstić information content (AvgIpc) is 3.05. The van der Waals surface area contributed by atoms with Gasteiger partial charge in [-0.3, -0.25) is 4.98 Å². The van der Waals surface area contributed by atoms with Crippen molar-refractivity contribution in [1.82, 2.24) is 14.7 Å². The quantitative estimate of drug-likeness (QED) is 0.711. The van der Waals surface area contributed by atoms with E-state index in [-0.39, 0.29) is 12.3 Å². The zero-order chi connectivity index (χ0) is 17.0. The second-order valence-corrected chi connectivity index (χ2v) is 8.23. The lowest BCUT2D eigenvalue weighted by atomic mass is 10.2. The van der Waals surface area contributed by atoms with E-state index >= 15 is 0 Å².